The molecule has 3 heteroatoms. The summed E-state index contributed by atoms with van der Waals surface area (Å²) in [6.45, 7) is 5.18. The van der Waals surface area contributed by atoms with Crippen LogP contribution in [0.3, 0.4) is 0 Å². The van der Waals surface area contributed by atoms with Gasteiger partial charge < -0.3 is 14.6 Å². The van der Waals surface area contributed by atoms with E-state index in [2.05, 4.69) is 6.92 Å². The van der Waals surface area contributed by atoms with Crippen LogP contribution in [0.5, 0.6) is 11.5 Å². The molecule has 0 amide bonds. The summed E-state index contributed by atoms with van der Waals surface area (Å²) >= 11 is 0. The molecule has 1 N–H and O–H groups in total. The molecule has 0 fully saturated rings. The Hall–Kier alpha value is -1.22. The number of rotatable bonds is 8. The summed E-state index contributed by atoms with van der Waals surface area (Å²) in [6.07, 6.45) is 2.33. The first-order chi connectivity index (χ1) is 8.24. The highest BCUT2D eigenvalue weighted by atomic mass is 16.5. The van der Waals surface area contributed by atoms with Crippen molar-refractivity contribution in [2.45, 2.75) is 39.2 Å². The summed E-state index contributed by atoms with van der Waals surface area (Å²) in [6, 6.07) is 7.70. The van der Waals surface area contributed by atoms with Crippen LogP contribution in [0.2, 0.25) is 0 Å². The first kappa shape index (κ1) is 13.8. The molecule has 0 aliphatic heterocycles. The second-order valence-electron chi connectivity index (χ2n) is 4.13. The molecule has 0 aromatic heterocycles. The van der Waals surface area contributed by atoms with Gasteiger partial charge in [-0.2, -0.15) is 0 Å². The van der Waals surface area contributed by atoms with Gasteiger partial charge in [-0.15, -0.1) is 0 Å². The molecular weight excluding hydrogens is 216 g/mol. The molecule has 1 rings (SSSR count). The fourth-order valence-corrected chi connectivity index (χ4v) is 1.46. The van der Waals surface area contributed by atoms with Gasteiger partial charge in [0.15, 0.2) is 11.5 Å². The van der Waals surface area contributed by atoms with Crippen LogP contribution in [0.15, 0.2) is 24.3 Å². The SMILES string of the molecule is CCCOc1ccccc1OCCCC(C)O. The minimum atomic E-state index is -0.259. The quantitative estimate of drug-likeness (QED) is 0.707. The van der Waals surface area contributed by atoms with Crippen LogP contribution in [0.1, 0.15) is 33.1 Å². The van der Waals surface area contributed by atoms with Crippen molar-refractivity contribution >= 4 is 0 Å². The van der Waals surface area contributed by atoms with Crippen LogP contribution < -0.4 is 9.47 Å². The van der Waals surface area contributed by atoms with E-state index in [9.17, 15) is 0 Å². The molecule has 0 heterocycles. The van der Waals surface area contributed by atoms with Crippen molar-refractivity contribution in [3.8, 4) is 11.5 Å². The monoisotopic (exact) mass is 238 g/mol. The van der Waals surface area contributed by atoms with E-state index >= 15 is 0 Å². The van der Waals surface area contributed by atoms with Crippen LogP contribution in [0.25, 0.3) is 0 Å². The van der Waals surface area contributed by atoms with Crippen LogP contribution in [0.4, 0.5) is 0 Å². The van der Waals surface area contributed by atoms with Gasteiger partial charge >= 0.3 is 0 Å². The Labute approximate surface area is 103 Å². The highest BCUT2D eigenvalue weighted by Crippen LogP contribution is 2.26. The highest BCUT2D eigenvalue weighted by molar-refractivity contribution is 5.39. The average Bonchev–Trinajstić information content (AvgIpc) is 2.33. The van der Waals surface area contributed by atoms with Crippen molar-refractivity contribution < 1.29 is 14.6 Å². The van der Waals surface area contributed by atoms with Crippen molar-refractivity contribution in [3.05, 3.63) is 24.3 Å². The Balaban J connectivity index is 2.40. The maximum absolute atomic E-state index is 9.14. The van der Waals surface area contributed by atoms with Crippen LogP contribution >= 0.6 is 0 Å². The lowest BCUT2D eigenvalue weighted by atomic mass is 10.2. The van der Waals surface area contributed by atoms with Crippen LogP contribution in [0, 0.1) is 0 Å². The summed E-state index contributed by atoms with van der Waals surface area (Å²) in [5.41, 5.74) is 0. The largest absolute Gasteiger partial charge is 0.490 e. The molecule has 0 radical (unpaired) electrons. The Morgan fingerprint density at radius 1 is 1.12 bits per heavy atom. The van der Waals surface area contributed by atoms with E-state index < -0.39 is 0 Å². The molecule has 17 heavy (non-hydrogen) atoms. The van der Waals surface area contributed by atoms with E-state index in [1.807, 2.05) is 24.3 Å². The first-order valence-electron chi connectivity index (χ1n) is 6.26. The van der Waals surface area contributed by atoms with E-state index in [0.717, 1.165) is 30.8 Å². The van der Waals surface area contributed by atoms with Gasteiger partial charge in [-0.25, -0.2) is 0 Å². The van der Waals surface area contributed by atoms with E-state index in [0.29, 0.717) is 13.2 Å². The van der Waals surface area contributed by atoms with Crippen LogP contribution in [-0.2, 0) is 0 Å². The maximum atomic E-state index is 9.14. The third-order valence-electron chi connectivity index (χ3n) is 2.33. The highest BCUT2D eigenvalue weighted by Gasteiger charge is 2.03. The van der Waals surface area contributed by atoms with Gasteiger partial charge in [0.05, 0.1) is 19.3 Å². The molecule has 0 spiro atoms. The second kappa shape index (κ2) is 7.96. The third-order valence-corrected chi connectivity index (χ3v) is 2.33. The van der Waals surface area contributed by atoms with Crippen LogP contribution in [-0.4, -0.2) is 24.4 Å². The van der Waals surface area contributed by atoms with E-state index in [4.69, 9.17) is 14.6 Å². The normalized spacial score (nSPS) is 12.2. The third kappa shape index (κ3) is 5.59. The number of aliphatic hydroxyl groups excluding tert-OH is 1. The van der Waals surface area contributed by atoms with Gasteiger partial charge in [0.2, 0.25) is 0 Å². The molecular formula is C14H22O3. The van der Waals surface area contributed by atoms with Gasteiger partial charge in [0.1, 0.15) is 0 Å². The Bertz CT molecular complexity index is 310. The second-order valence-corrected chi connectivity index (χ2v) is 4.13. The molecule has 1 aromatic rings. The topological polar surface area (TPSA) is 38.7 Å². The van der Waals surface area contributed by atoms with Gasteiger partial charge in [-0.3, -0.25) is 0 Å². The number of benzene rings is 1. The zero-order chi connectivity index (χ0) is 12.5. The van der Waals surface area contributed by atoms with Gasteiger partial charge in [0, 0.05) is 0 Å². The fraction of sp³-hybridized carbons (Fsp3) is 0.571. The minimum absolute atomic E-state index is 0.259. The molecule has 0 saturated carbocycles. The summed E-state index contributed by atoms with van der Waals surface area (Å²) in [5.74, 6) is 1.58. The summed E-state index contributed by atoms with van der Waals surface area (Å²) in [5, 5.41) is 9.14. The first-order valence-corrected chi connectivity index (χ1v) is 6.26. The number of hydrogen-bond acceptors (Lipinski definition) is 3. The molecule has 0 bridgehead atoms. The van der Waals surface area contributed by atoms with Crippen molar-refractivity contribution in [3.63, 3.8) is 0 Å². The predicted molar refractivity (Wildman–Crippen MR) is 68.6 cm³/mol. The summed E-state index contributed by atoms with van der Waals surface area (Å²) < 4.78 is 11.2. The van der Waals surface area contributed by atoms with Gasteiger partial charge in [-0.1, -0.05) is 19.1 Å². The van der Waals surface area contributed by atoms with E-state index in [1.165, 1.54) is 0 Å². The van der Waals surface area contributed by atoms with Crippen molar-refractivity contribution in [2.75, 3.05) is 13.2 Å². The Kier molecular flexibility index (Phi) is 6.48. The summed E-state index contributed by atoms with van der Waals surface area (Å²) in [7, 11) is 0. The lowest BCUT2D eigenvalue weighted by molar-refractivity contribution is 0.169. The Morgan fingerprint density at radius 3 is 2.24 bits per heavy atom. The van der Waals surface area contributed by atoms with Gasteiger partial charge in [0.25, 0.3) is 0 Å². The zero-order valence-electron chi connectivity index (χ0n) is 10.7. The number of para-hydroxylation sites is 2. The number of ether oxygens (including phenoxy) is 2. The standard InChI is InChI=1S/C14H22O3/c1-3-10-16-13-8-4-5-9-14(13)17-11-6-7-12(2)15/h4-5,8-9,12,15H,3,6-7,10-11H2,1-2H3. The molecule has 1 unspecified atom stereocenters. The number of hydrogen-bond donors (Lipinski definition) is 1. The molecule has 0 aliphatic rings. The molecule has 1 aromatic carbocycles. The molecule has 96 valence electrons. The zero-order valence-corrected chi connectivity index (χ0v) is 10.7. The fourth-order valence-electron chi connectivity index (χ4n) is 1.46. The lowest BCUT2D eigenvalue weighted by Crippen LogP contribution is -2.05. The smallest absolute Gasteiger partial charge is 0.161 e. The van der Waals surface area contributed by atoms with E-state index in [-0.39, 0.29) is 6.10 Å². The van der Waals surface area contributed by atoms with E-state index in [1.54, 1.807) is 6.92 Å². The average molecular weight is 238 g/mol. The summed E-state index contributed by atoms with van der Waals surface area (Å²) in [4.78, 5) is 0. The van der Waals surface area contributed by atoms with Crippen molar-refractivity contribution in [2.24, 2.45) is 0 Å². The predicted octanol–water partition coefficient (Wildman–Crippen LogP) is 3.02. The molecule has 0 saturated heterocycles. The van der Waals surface area contributed by atoms with Crippen molar-refractivity contribution in [1.29, 1.82) is 0 Å². The number of aliphatic hydroxyl groups is 1. The minimum Gasteiger partial charge on any atom is -0.490 e. The van der Waals surface area contributed by atoms with Gasteiger partial charge in [-0.05, 0) is 38.3 Å². The molecule has 0 aliphatic carbocycles. The lowest BCUT2D eigenvalue weighted by Gasteiger charge is -2.12. The Morgan fingerprint density at radius 2 is 1.71 bits per heavy atom. The maximum Gasteiger partial charge on any atom is 0.161 e. The molecule has 1 atom stereocenters. The van der Waals surface area contributed by atoms with Crippen molar-refractivity contribution in [1.82, 2.24) is 0 Å². The molecule has 3 nitrogen and oxygen atoms in total.